The van der Waals surface area contributed by atoms with E-state index in [4.69, 9.17) is 5.73 Å². The molecule has 0 bridgehead atoms. The van der Waals surface area contributed by atoms with Gasteiger partial charge in [-0.1, -0.05) is 30.3 Å². The number of carbonyl (C=O) groups excluding carboxylic acids is 2. The quantitative estimate of drug-likeness (QED) is 0.887. The highest BCUT2D eigenvalue weighted by atomic mass is 16.2. The van der Waals surface area contributed by atoms with Crippen molar-refractivity contribution in [2.24, 2.45) is 0 Å². The van der Waals surface area contributed by atoms with Gasteiger partial charge in [0.2, 0.25) is 5.91 Å². The number of piperidine rings is 1. The molecule has 1 atom stereocenters. The van der Waals surface area contributed by atoms with Crippen LogP contribution in [0.2, 0.25) is 0 Å². The molecule has 146 valence electrons. The van der Waals surface area contributed by atoms with Crippen molar-refractivity contribution in [1.82, 2.24) is 14.8 Å². The van der Waals surface area contributed by atoms with Gasteiger partial charge in [-0.2, -0.15) is 0 Å². The van der Waals surface area contributed by atoms with Gasteiger partial charge < -0.3 is 15.5 Å². The maximum Gasteiger partial charge on any atom is 0.256 e. The topological polar surface area (TPSA) is 79.5 Å². The lowest BCUT2D eigenvalue weighted by Gasteiger charge is -2.44. The number of anilines is 1. The predicted octanol–water partition coefficient (Wildman–Crippen LogP) is 2.50. The lowest BCUT2D eigenvalue weighted by molar-refractivity contribution is -0.145. The first-order valence-corrected chi connectivity index (χ1v) is 9.97. The van der Waals surface area contributed by atoms with Crippen LogP contribution in [0.15, 0.2) is 48.7 Å². The normalized spacial score (nSPS) is 22.1. The van der Waals surface area contributed by atoms with Crippen LogP contribution in [0.5, 0.6) is 0 Å². The number of nitrogens with two attached hydrogens (primary N) is 1. The minimum absolute atomic E-state index is 0.101. The fraction of sp³-hybridized carbons (Fsp3) is 0.409. The molecular formula is C22H26N4O2. The molecule has 6 heteroatoms. The van der Waals surface area contributed by atoms with Gasteiger partial charge in [0.05, 0.1) is 5.56 Å². The Kier molecular flexibility index (Phi) is 5.03. The van der Waals surface area contributed by atoms with Gasteiger partial charge in [-0.25, -0.2) is 4.98 Å². The Morgan fingerprint density at radius 3 is 2.54 bits per heavy atom. The number of benzene rings is 1. The molecule has 2 N–H and O–H groups in total. The minimum Gasteiger partial charge on any atom is -0.384 e. The summed E-state index contributed by atoms with van der Waals surface area (Å²) < 4.78 is 0. The summed E-state index contributed by atoms with van der Waals surface area (Å²) in [5, 5.41) is 0. The Labute approximate surface area is 165 Å². The zero-order valence-corrected chi connectivity index (χ0v) is 16.0. The van der Waals surface area contributed by atoms with Crippen molar-refractivity contribution >= 4 is 17.6 Å². The van der Waals surface area contributed by atoms with E-state index in [2.05, 4.69) is 17.1 Å². The summed E-state index contributed by atoms with van der Waals surface area (Å²) in [6, 6.07) is 13.5. The molecule has 1 aromatic carbocycles. The molecule has 1 unspecified atom stereocenters. The van der Waals surface area contributed by atoms with Crippen molar-refractivity contribution in [2.75, 3.05) is 25.4 Å². The zero-order valence-electron chi connectivity index (χ0n) is 16.0. The summed E-state index contributed by atoms with van der Waals surface area (Å²) in [6.07, 6.45) is 5.59. The molecule has 0 aliphatic carbocycles. The van der Waals surface area contributed by atoms with E-state index < -0.39 is 5.54 Å². The standard InChI is InChI=1S/C22H26N4O2/c23-19-9-8-18(16-24-19)20(27)26-14-5-12-22(26)11-4-13-25(21(22)28)15-10-17-6-2-1-3-7-17/h1-3,6-9,16H,4-5,10-15H2,(H2,23,24). The summed E-state index contributed by atoms with van der Waals surface area (Å²) >= 11 is 0. The highest BCUT2D eigenvalue weighted by molar-refractivity contribution is 6.00. The molecule has 2 aliphatic heterocycles. The summed E-state index contributed by atoms with van der Waals surface area (Å²) in [7, 11) is 0. The number of hydrogen-bond acceptors (Lipinski definition) is 4. The van der Waals surface area contributed by atoms with Gasteiger partial charge in [-0.05, 0) is 49.8 Å². The predicted molar refractivity (Wildman–Crippen MR) is 108 cm³/mol. The molecule has 2 amide bonds. The van der Waals surface area contributed by atoms with E-state index in [1.807, 2.05) is 23.1 Å². The van der Waals surface area contributed by atoms with Crippen LogP contribution in [0.4, 0.5) is 5.82 Å². The molecule has 2 aromatic rings. The molecule has 28 heavy (non-hydrogen) atoms. The Morgan fingerprint density at radius 1 is 1.07 bits per heavy atom. The summed E-state index contributed by atoms with van der Waals surface area (Å²) in [5.41, 5.74) is 6.66. The Hall–Kier alpha value is -2.89. The summed E-state index contributed by atoms with van der Waals surface area (Å²) in [5.74, 6) is 0.362. The first kappa shape index (κ1) is 18.5. The second-order valence-corrected chi connectivity index (χ2v) is 7.70. The van der Waals surface area contributed by atoms with E-state index >= 15 is 0 Å². The highest BCUT2D eigenvalue weighted by Gasteiger charge is 2.52. The van der Waals surface area contributed by atoms with Crippen molar-refractivity contribution < 1.29 is 9.59 Å². The molecule has 4 rings (SSSR count). The van der Waals surface area contributed by atoms with Gasteiger partial charge in [0, 0.05) is 25.8 Å². The molecule has 1 spiro atoms. The maximum absolute atomic E-state index is 13.5. The number of likely N-dealkylation sites (tertiary alicyclic amines) is 2. The van der Waals surface area contributed by atoms with Crippen molar-refractivity contribution in [2.45, 2.75) is 37.6 Å². The van der Waals surface area contributed by atoms with E-state index in [0.717, 1.165) is 38.6 Å². The fourth-order valence-corrected chi connectivity index (χ4v) is 4.53. The van der Waals surface area contributed by atoms with Crippen molar-refractivity contribution in [3.05, 3.63) is 59.8 Å². The third-order valence-electron chi connectivity index (χ3n) is 5.98. The van der Waals surface area contributed by atoms with Gasteiger partial charge in [0.25, 0.3) is 5.91 Å². The van der Waals surface area contributed by atoms with Gasteiger partial charge in [-0.15, -0.1) is 0 Å². The Bertz CT molecular complexity index is 853. The maximum atomic E-state index is 13.5. The van der Waals surface area contributed by atoms with E-state index in [1.54, 1.807) is 17.0 Å². The highest BCUT2D eigenvalue weighted by Crippen LogP contribution is 2.39. The number of rotatable bonds is 4. The van der Waals surface area contributed by atoms with Crippen molar-refractivity contribution in [1.29, 1.82) is 0 Å². The molecule has 2 fully saturated rings. The monoisotopic (exact) mass is 378 g/mol. The molecular weight excluding hydrogens is 352 g/mol. The number of nitrogen functional groups attached to an aromatic ring is 1. The molecule has 2 saturated heterocycles. The molecule has 0 saturated carbocycles. The van der Waals surface area contributed by atoms with Crippen LogP contribution >= 0.6 is 0 Å². The number of carbonyl (C=O) groups is 2. The average molecular weight is 378 g/mol. The van der Waals surface area contributed by atoms with Crippen LogP contribution in [0, 0.1) is 0 Å². The minimum atomic E-state index is -0.701. The number of amides is 2. The SMILES string of the molecule is Nc1ccc(C(=O)N2CCCC23CCCN(CCc2ccccc2)C3=O)cn1. The van der Waals surface area contributed by atoms with Crippen LogP contribution in [0.3, 0.4) is 0 Å². The van der Waals surface area contributed by atoms with E-state index in [1.165, 1.54) is 11.8 Å². The van der Waals surface area contributed by atoms with Gasteiger partial charge in [0.15, 0.2) is 0 Å². The fourth-order valence-electron chi connectivity index (χ4n) is 4.53. The lowest BCUT2D eigenvalue weighted by atomic mass is 9.85. The second-order valence-electron chi connectivity index (χ2n) is 7.70. The number of nitrogens with zero attached hydrogens (tertiary/aromatic N) is 3. The first-order chi connectivity index (χ1) is 13.6. The Morgan fingerprint density at radius 2 is 1.82 bits per heavy atom. The lowest BCUT2D eigenvalue weighted by Crippen LogP contribution is -2.61. The van der Waals surface area contributed by atoms with Crippen LogP contribution in [0.1, 0.15) is 41.6 Å². The van der Waals surface area contributed by atoms with Crippen LogP contribution in [0.25, 0.3) is 0 Å². The number of pyridine rings is 1. The first-order valence-electron chi connectivity index (χ1n) is 9.97. The molecule has 2 aliphatic rings. The third-order valence-corrected chi connectivity index (χ3v) is 5.98. The smallest absolute Gasteiger partial charge is 0.256 e. The van der Waals surface area contributed by atoms with Crippen LogP contribution < -0.4 is 5.73 Å². The molecule has 0 radical (unpaired) electrons. The van der Waals surface area contributed by atoms with E-state index in [-0.39, 0.29) is 11.8 Å². The van der Waals surface area contributed by atoms with Gasteiger partial charge >= 0.3 is 0 Å². The van der Waals surface area contributed by atoms with Crippen molar-refractivity contribution in [3.63, 3.8) is 0 Å². The van der Waals surface area contributed by atoms with E-state index in [9.17, 15) is 9.59 Å². The van der Waals surface area contributed by atoms with Crippen LogP contribution in [-0.2, 0) is 11.2 Å². The molecule has 6 nitrogen and oxygen atoms in total. The molecule has 1 aromatic heterocycles. The van der Waals surface area contributed by atoms with Gasteiger partial charge in [0.1, 0.15) is 11.4 Å². The second kappa shape index (κ2) is 7.62. The third kappa shape index (κ3) is 3.35. The average Bonchev–Trinajstić information content (AvgIpc) is 3.14. The number of aromatic nitrogens is 1. The van der Waals surface area contributed by atoms with Gasteiger partial charge in [-0.3, -0.25) is 9.59 Å². The Balaban J connectivity index is 1.52. The number of hydrogen-bond donors (Lipinski definition) is 1. The largest absolute Gasteiger partial charge is 0.384 e. The molecule has 3 heterocycles. The van der Waals surface area contributed by atoms with Crippen LogP contribution in [-0.4, -0.2) is 51.8 Å². The summed E-state index contributed by atoms with van der Waals surface area (Å²) in [6.45, 7) is 2.07. The zero-order chi connectivity index (χ0) is 19.6. The van der Waals surface area contributed by atoms with Crippen molar-refractivity contribution in [3.8, 4) is 0 Å². The summed E-state index contributed by atoms with van der Waals surface area (Å²) in [4.78, 5) is 34.4. The van der Waals surface area contributed by atoms with E-state index in [0.29, 0.717) is 24.5 Å².